The van der Waals surface area contributed by atoms with Crippen LogP contribution in [0.3, 0.4) is 0 Å². The summed E-state index contributed by atoms with van der Waals surface area (Å²) in [5.74, 6) is 0.874. The zero-order valence-corrected chi connectivity index (χ0v) is 14.6. The lowest BCUT2D eigenvalue weighted by atomic mass is 10.0. The summed E-state index contributed by atoms with van der Waals surface area (Å²) in [4.78, 5) is 11.4. The maximum atomic E-state index is 5.51. The van der Waals surface area contributed by atoms with Gasteiger partial charge in [0.05, 0.1) is 7.11 Å². The first-order valence-corrected chi connectivity index (χ1v) is 8.52. The van der Waals surface area contributed by atoms with Crippen molar-refractivity contribution in [3.05, 3.63) is 78.5 Å². The number of ether oxygens (including phenoxy) is 1. The molecule has 130 valence electrons. The molecular formula is C21H20N4O. The molecule has 0 aliphatic heterocycles. The monoisotopic (exact) mass is 344 g/mol. The van der Waals surface area contributed by atoms with Crippen LogP contribution in [0.1, 0.15) is 11.1 Å². The Labute approximate surface area is 152 Å². The molecule has 0 amide bonds. The third kappa shape index (κ3) is 3.43. The zero-order chi connectivity index (χ0) is 17.8. The number of hydrogen-bond donors (Lipinski definition) is 2. The largest absolute Gasteiger partial charge is 0.496 e. The fourth-order valence-corrected chi connectivity index (χ4v) is 3.10. The van der Waals surface area contributed by atoms with Gasteiger partial charge in [0.15, 0.2) is 0 Å². The van der Waals surface area contributed by atoms with E-state index >= 15 is 0 Å². The highest BCUT2D eigenvalue weighted by Crippen LogP contribution is 2.26. The molecule has 26 heavy (non-hydrogen) atoms. The van der Waals surface area contributed by atoms with Crippen molar-refractivity contribution in [2.75, 3.05) is 7.11 Å². The molecule has 0 aliphatic rings. The predicted molar refractivity (Wildman–Crippen MR) is 103 cm³/mol. The highest BCUT2D eigenvalue weighted by molar-refractivity contribution is 5.79. The lowest BCUT2D eigenvalue weighted by Crippen LogP contribution is -2.13. The average Bonchev–Trinajstić information content (AvgIpc) is 3.16. The topological polar surface area (TPSA) is 62.8 Å². The van der Waals surface area contributed by atoms with Crippen LogP contribution in [0.25, 0.3) is 22.0 Å². The summed E-state index contributed by atoms with van der Waals surface area (Å²) in [7, 11) is 1.70. The van der Waals surface area contributed by atoms with Gasteiger partial charge in [0.25, 0.3) is 0 Å². The van der Waals surface area contributed by atoms with Crippen LogP contribution in [0, 0.1) is 0 Å². The van der Waals surface area contributed by atoms with E-state index in [0.717, 1.165) is 41.0 Å². The summed E-state index contributed by atoms with van der Waals surface area (Å²) < 4.78 is 5.51. The number of fused-ring (bicyclic) bond motifs is 1. The summed E-state index contributed by atoms with van der Waals surface area (Å²) >= 11 is 0. The first-order chi connectivity index (χ1) is 12.8. The van der Waals surface area contributed by atoms with E-state index in [1.807, 2.05) is 30.7 Å². The molecule has 0 fully saturated rings. The van der Waals surface area contributed by atoms with Gasteiger partial charge >= 0.3 is 0 Å². The van der Waals surface area contributed by atoms with E-state index in [-0.39, 0.29) is 0 Å². The van der Waals surface area contributed by atoms with Gasteiger partial charge in [-0.1, -0.05) is 12.1 Å². The maximum absolute atomic E-state index is 5.51. The predicted octanol–water partition coefficient (Wildman–Crippen LogP) is 3.92. The number of aromatic amines is 1. The van der Waals surface area contributed by atoms with Gasteiger partial charge < -0.3 is 15.0 Å². The molecule has 5 nitrogen and oxygen atoms in total. The Bertz CT molecular complexity index is 1010. The fraction of sp³-hybridized carbons (Fsp3) is 0.143. The second kappa shape index (κ2) is 7.37. The van der Waals surface area contributed by atoms with Crippen molar-refractivity contribution < 1.29 is 4.74 Å². The third-order valence-corrected chi connectivity index (χ3v) is 4.44. The maximum Gasteiger partial charge on any atom is 0.123 e. The van der Waals surface area contributed by atoms with Gasteiger partial charge in [0.1, 0.15) is 12.1 Å². The minimum Gasteiger partial charge on any atom is -0.496 e. The molecule has 2 N–H and O–H groups in total. The molecule has 4 aromatic rings. The Morgan fingerprint density at radius 2 is 1.85 bits per heavy atom. The van der Waals surface area contributed by atoms with Gasteiger partial charge in [-0.2, -0.15) is 0 Å². The van der Waals surface area contributed by atoms with Gasteiger partial charge in [0.2, 0.25) is 0 Å². The van der Waals surface area contributed by atoms with Crippen molar-refractivity contribution in [1.82, 2.24) is 20.3 Å². The Morgan fingerprint density at radius 3 is 2.69 bits per heavy atom. The standard InChI is InChI=1S/C21H20N4O/c1-26-21-5-3-16(19-12-23-14-24-13-19)9-18(21)11-22-10-15-2-4-20-17(8-15)6-7-25-20/h2-9,12-14,22,25H,10-11H2,1H3. The number of methoxy groups -OCH3 is 1. The van der Waals surface area contributed by atoms with Crippen LogP contribution in [0.4, 0.5) is 0 Å². The molecule has 2 aromatic heterocycles. The number of benzene rings is 2. The summed E-state index contributed by atoms with van der Waals surface area (Å²) in [6.07, 6.45) is 7.14. The van der Waals surface area contributed by atoms with Crippen LogP contribution in [-0.4, -0.2) is 22.1 Å². The minimum absolute atomic E-state index is 0.718. The van der Waals surface area contributed by atoms with Crippen LogP contribution in [0.5, 0.6) is 5.75 Å². The van der Waals surface area contributed by atoms with Crippen LogP contribution < -0.4 is 10.1 Å². The molecule has 4 rings (SSSR count). The summed E-state index contributed by atoms with van der Waals surface area (Å²) in [5.41, 5.74) is 5.60. The van der Waals surface area contributed by atoms with E-state index in [0.29, 0.717) is 0 Å². The quantitative estimate of drug-likeness (QED) is 0.556. The van der Waals surface area contributed by atoms with Crippen LogP contribution in [-0.2, 0) is 13.1 Å². The summed E-state index contributed by atoms with van der Waals surface area (Å²) in [6.45, 7) is 1.51. The van der Waals surface area contributed by atoms with Gasteiger partial charge in [-0.25, -0.2) is 9.97 Å². The van der Waals surface area contributed by atoms with Crippen molar-refractivity contribution in [3.63, 3.8) is 0 Å². The van der Waals surface area contributed by atoms with Crippen molar-refractivity contribution in [2.45, 2.75) is 13.1 Å². The molecule has 0 bridgehead atoms. The van der Waals surface area contributed by atoms with Crippen LogP contribution >= 0.6 is 0 Å². The summed E-state index contributed by atoms with van der Waals surface area (Å²) in [5, 5.41) is 4.74. The molecule has 2 aromatic carbocycles. The van der Waals surface area contributed by atoms with E-state index in [4.69, 9.17) is 4.74 Å². The number of hydrogen-bond acceptors (Lipinski definition) is 4. The molecule has 0 aliphatic carbocycles. The van der Waals surface area contributed by atoms with E-state index in [2.05, 4.69) is 50.6 Å². The second-order valence-electron chi connectivity index (χ2n) is 6.16. The molecule has 2 heterocycles. The lowest BCUT2D eigenvalue weighted by molar-refractivity contribution is 0.407. The molecule has 0 atom stereocenters. The Morgan fingerprint density at radius 1 is 0.962 bits per heavy atom. The highest BCUT2D eigenvalue weighted by Gasteiger charge is 2.07. The molecule has 0 saturated carbocycles. The number of H-pyrrole nitrogens is 1. The van der Waals surface area contributed by atoms with Gasteiger partial charge in [-0.3, -0.25) is 0 Å². The van der Waals surface area contributed by atoms with Crippen molar-refractivity contribution in [3.8, 4) is 16.9 Å². The Kier molecular flexibility index (Phi) is 4.62. The highest BCUT2D eigenvalue weighted by atomic mass is 16.5. The number of rotatable bonds is 6. The fourth-order valence-electron chi connectivity index (χ4n) is 3.10. The molecule has 0 unspecified atom stereocenters. The summed E-state index contributed by atoms with van der Waals surface area (Å²) in [6, 6.07) is 14.7. The first-order valence-electron chi connectivity index (χ1n) is 8.52. The molecule has 0 radical (unpaired) electrons. The van der Waals surface area contributed by atoms with Crippen molar-refractivity contribution >= 4 is 10.9 Å². The smallest absolute Gasteiger partial charge is 0.123 e. The lowest BCUT2D eigenvalue weighted by Gasteiger charge is -2.12. The Balaban J connectivity index is 1.49. The molecular weight excluding hydrogens is 324 g/mol. The van der Waals surface area contributed by atoms with Gasteiger partial charge in [-0.15, -0.1) is 0 Å². The van der Waals surface area contributed by atoms with Crippen molar-refractivity contribution in [2.24, 2.45) is 0 Å². The number of aromatic nitrogens is 3. The molecule has 5 heteroatoms. The van der Waals surface area contributed by atoms with E-state index in [9.17, 15) is 0 Å². The zero-order valence-electron chi connectivity index (χ0n) is 14.6. The van der Waals surface area contributed by atoms with Crippen LogP contribution in [0.15, 0.2) is 67.4 Å². The van der Waals surface area contributed by atoms with E-state index in [1.165, 1.54) is 17.3 Å². The normalized spacial score (nSPS) is 11.0. The van der Waals surface area contributed by atoms with Gasteiger partial charge in [-0.05, 0) is 46.8 Å². The van der Waals surface area contributed by atoms with Crippen molar-refractivity contribution in [1.29, 1.82) is 0 Å². The second-order valence-corrected chi connectivity index (χ2v) is 6.16. The Hall–Kier alpha value is -3.18. The third-order valence-electron chi connectivity index (χ3n) is 4.44. The van der Waals surface area contributed by atoms with Gasteiger partial charge in [0, 0.05) is 48.3 Å². The first kappa shape index (κ1) is 16.3. The number of nitrogens with zero attached hydrogens (tertiary/aromatic N) is 2. The minimum atomic E-state index is 0.718. The molecule has 0 saturated heterocycles. The average molecular weight is 344 g/mol. The van der Waals surface area contributed by atoms with E-state index < -0.39 is 0 Å². The van der Waals surface area contributed by atoms with E-state index in [1.54, 1.807) is 7.11 Å². The van der Waals surface area contributed by atoms with Crippen LogP contribution in [0.2, 0.25) is 0 Å². The SMILES string of the molecule is COc1ccc(-c2cncnc2)cc1CNCc1ccc2[nH]ccc2c1. The molecule has 0 spiro atoms. The number of nitrogens with one attached hydrogen (secondary N) is 2.